The topological polar surface area (TPSA) is 101 Å². The van der Waals surface area contributed by atoms with Gasteiger partial charge in [-0.2, -0.15) is 0 Å². The molecule has 2 N–H and O–H groups in total. The lowest BCUT2D eigenvalue weighted by atomic mass is 10.2. The van der Waals surface area contributed by atoms with Crippen molar-refractivity contribution in [3.8, 4) is 0 Å². The summed E-state index contributed by atoms with van der Waals surface area (Å²) < 4.78 is 15.9. The van der Waals surface area contributed by atoms with E-state index in [0.29, 0.717) is 25.4 Å². The molecular weight excluding hydrogens is 366 g/mol. The highest BCUT2D eigenvalue weighted by atomic mass is 16.6. The van der Waals surface area contributed by atoms with Crippen LogP contribution in [0.15, 0.2) is 24.3 Å². The number of hydrogen-bond donors (Lipinski definition) is 2. The Kier molecular flexibility index (Phi) is 6.19. The van der Waals surface area contributed by atoms with Crippen LogP contribution in [-0.2, 0) is 19.0 Å². The van der Waals surface area contributed by atoms with E-state index in [4.69, 9.17) is 14.2 Å². The number of aliphatic hydroxyl groups is 1. The Balaban J connectivity index is 1.55. The number of carbonyl (C=O) groups excluding carboxylic acids is 2. The first-order valence-electron chi connectivity index (χ1n) is 9.28. The minimum atomic E-state index is -1.14. The quantitative estimate of drug-likeness (QED) is 0.697. The summed E-state index contributed by atoms with van der Waals surface area (Å²) in [6.45, 7) is 7.22. The lowest BCUT2D eigenvalue weighted by Gasteiger charge is -2.27. The Morgan fingerprint density at radius 3 is 2.46 bits per heavy atom. The molecule has 2 amide bonds. The van der Waals surface area contributed by atoms with Gasteiger partial charge in [0.15, 0.2) is 0 Å². The Morgan fingerprint density at radius 1 is 1.21 bits per heavy atom. The van der Waals surface area contributed by atoms with Crippen molar-refractivity contribution in [3.05, 3.63) is 24.3 Å². The summed E-state index contributed by atoms with van der Waals surface area (Å²) in [5.41, 5.74) is 0.961. The monoisotopic (exact) mass is 393 g/mol. The van der Waals surface area contributed by atoms with Crippen LogP contribution in [0.3, 0.4) is 0 Å². The molecule has 9 nitrogen and oxygen atoms in total. The van der Waals surface area contributed by atoms with Gasteiger partial charge >= 0.3 is 6.09 Å². The summed E-state index contributed by atoms with van der Waals surface area (Å²) in [6, 6.07) is 7.18. The molecule has 9 heteroatoms. The number of cyclic esters (lactones) is 1. The van der Waals surface area contributed by atoms with Gasteiger partial charge < -0.3 is 24.2 Å². The van der Waals surface area contributed by atoms with Crippen LogP contribution in [0.25, 0.3) is 0 Å². The first-order valence-corrected chi connectivity index (χ1v) is 9.28. The van der Waals surface area contributed by atoms with Crippen molar-refractivity contribution >= 4 is 23.4 Å². The van der Waals surface area contributed by atoms with Crippen LogP contribution in [0.2, 0.25) is 0 Å². The Labute approximate surface area is 164 Å². The van der Waals surface area contributed by atoms with Gasteiger partial charge in [-0.05, 0) is 45.0 Å². The minimum absolute atomic E-state index is 0.0817. The van der Waals surface area contributed by atoms with Crippen LogP contribution in [0.4, 0.5) is 16.2 Å². The fourth-order valence-corrected chi connectivity index (χ4v) is 3.05. The van der Waals surface area contributed by atoms with Crippen LogP contribution >= 0.6 is 0 Å². The number of carbonyl (C=O) groups is 2. The average molecular weight is 393 g/mol. The van der Waals surface area contributed by atoms with Gasteiger partial charge in [-0.1, -0.05) is 0 Å². The number of nitrogens with one attached hydrogen (secondary N) is 1. The maximum atomic E-state index is 12.2. The molecule has 2 atom stereocenters. The molecule has 2 aliphatic heterocycles. The number of anilines is 2. The van der Waals surface area contributed by atoms with Crippen molar-refractivity contribution in [1.29, 1.82) is 0 Å². The Hall–Kier alpha value is -2.20. The van der Waals surface area contributed by atoms with Gasteiger partial charge in [0.1, 0.15) is 12.7 Å². The third-order valence-electron chi connectivity index (χ3n) is 4.32. The van der Waals surface area contributed by atoms with Crippen LogP contribution < -0.4 is 15.1 Å². The zero-order chi connectivity index (χ0) is 20.3. The van der Waals surface area contributed by atoms with Crippen LogP contribution in [-0.4, -0.2) is 68.1 Å². The molecule has 3 rings (SSSR count). The maximum absolute atomic E-state index is 12.2. The molecule has 0 saturated carbocycles. The number of aliphatic hydroxyl groups excluding tert-OH is 1. The van der Waals surface area contributed by atoms with Crippen molar-refractivity contribution in [3.63, 3.8) is 0 Å². The molecule has 1 aromatic rings. The third kappa shape index (κ3) is 5.20. The molecule has 154 valence electrons. The van der Waals surface area contributed by atoms with Gasteiger partial charge in [0.25, 0.3) is 5.91 Å². The van der Waals surface area contributed by atoms with Crippen LogP contribution in [0, 0.1) is 0 Å². The lowest BCUT2D eigenvalue weighted by molar-refractivity contribution is -0.182. The summed E-state index contributed by atoms with van der Waals surface area (Å²) in [6.07, 6.45) is -2.00. The van der Waals surface area contributed by atoms with E-state index >= 15 is 0 Å². The predicted molar refractivity (Wildman–Crippen MR) is 102 cm³/mol. The zero-order valence-corrected chi connectivity index (χ0v) is 16.4. The van der Waals surface area contributed by atoms with Gasteiger partial charge in [-0.15, -0.1) is 0 Å². The van der Waals surface area contributed by atoms with Crippen molar-refractivity contribution in [2.75, 3.05) is 42.6 Å². The van der Waals surface area contributed by atoms with E-state index in [1.807, 2.05) is 20.8 Å². The molecule has 1 aromatic carbocycles. The summed E-state index contributed by atoms with van der Waals surface area (Å²) in [7, 11) is 0. The number of rotatable bonds is 6. The fourth-order valence-electron chi connectivity index (χ4n) is 3.05. The summed E-state index contributed by atoms with van der Waals surface area (Å²) in [5, 5.41) is 12.6. The third-order valence-corrected chi connectivity index (χ3v) is 4.32. The highest BCUT2D eigenvalue weighted by Gasteiger charge is 2.33. The second kappa shape index (κ2) is 8.44. The number of amides is 2. The lowest BCUT2D eigenvalue weighted by Crippen LogP contribution is -2.42. The van der Waals surface area contributed by atoms with Gasteiger partial charge in [0.05, 0.1) is 18.8 Å². The smallest absolute Gasteiger partial charge is 0.414 e. The van der Waals surface area contributed by atoms with Crippen molar-refractivity contribution in [2.45, 2.75) is 38.9 Å². The van der Waals surface area contributed by atoms with E-state index < -0.39 is 24.2 Å². The minimum Gasteiger partial charge on any atom is -0.443 e. The van der Waals surface area contributed by atoms with E-state index in [9.17, 15) is 14.7 Å². The van der Waals surface area contributed by atoms with Gasteiger partial charge in [0.2, 0.25) is 6.41 Å². The highest BCUT2D eigenvalue weighted by molar-refractivity contribution is 5.95. The Morgan fingerprint density at radius 2 is 1.86 bits per heavy atom. The second-order valence-corrected chi connectivity index (χ2v) is 7.72. The predicted octanol–water partition coefficient (Wildman–Crippen LogP) is 1.06. The number of benzene rings is 1. The van der Waals surface area contributed by atoms with Gasteiger partial charge in [0, 0.05) is 24.5 Å². The second-order valence-electron chi connectivity index (χ2n) is 7.72. The molecule has 0 aromatic heterocycles. The summed E-state index contributed by atoms with van der Waals surface area (Å²) in [4.78, 5) is 27.3. The zero-order valence-electron chi connectivity index (χ0n) is 16.4. The SMILES string of the molecule is CC(C)(C)OC(O)NC[C@H]1CN(c2ccc(N3CCOCC3=O)cc2)C(=O)O1. The fraction of sp³-hybridized carbons (Fsp3) is 0.579. The average Bonchev–Trinajstić information content (AvgIpc) is 3.00. The standard InChI is InChI=1S/C19H27N3O6/c1-19(2,3)28-17(24)20-10-15-11-22(18(25)27-15)14-6-4-13(5-7-14)21-8-9-26-12-16(21)23/h4-7,15,17,20,24H,8-12H2,1-3H3/t15-,17?/m0/s1. The molecule has 1 unspecified atom stereocenters. The molecule has 0 spiro atoms. The van der Waals surface area contributed by atoms with E-state index in [0.717, 1.165) is 5.69 Å². The maximum Gasteiger partial charge on any atom is 0.414 e. The molecule has 0 aliphatic carbocycles. The molecule has 0 bridgehead atoms. The first kappa shape index (κ1) is 20.5. The van der Waals surface area contributed by atoms with E-state index in [2.05, 4.69) is 5.32 Å². The Bertz CT molecular complexity index is 703. The molecule has 2 heterocycles. The summed E-state index contributed by atoms with van der Waals surface area (Å²) in [5.74, 6) is -0.0817. The molecule has 2 saturated heterocycles. The molecule has 2 fully saturated rings. The first-order chi connectivity index (χ1) is 13.2. The summed E-state index contributed by atoms with van der Waals surface area (Å²) >= 11 is 0. The molecule has 2 aliphatic rings. The number of nitrogens with zero attached hydrogens (tertiary/aromatic N) is 2. The van der Waals surface area contributed by atoms with E-state index in [1.165, 1.54) is 4.90 Å². The molecule has 28 heavy (non-hydrogen) atoms. The van der Waals surface area contributed by atoms with Gasteiger partial charge in [-0.25, -0.2) is 4.79 Å². The number of morpholine rings is 1. The molecular formula is C19H27N3O6. The highest BCUT2D eigenvalue weighted by Crippen LogP contribution is 2.25. The number of hydrogen-bond acceptors (Lipinski definition) is 7. The van der Waals surface area contributed by atoms with Crippen LogP contribution in [0.5, 0.6) is 0 Å². The normalized spacial score (nSPS) is 21.8. The van der Waals surface area contributed by atoms with Crippen molar-refractivity contribution in [1.82, 2.24) is 5.32 Å². The van der Waals surface area contributed by atoms with E-state index in [1.54, 1.807) is 29.2 Å². The van der Waals surface area contributed by atoms with Crippen LogP contribution in [0.1, 0.15) is 20.8 Å². The van der Waals surface area contributed by atoms with Crippen molar-refractivity contribution in [2.24, 2.45) is 0 Å². The number of ether oxygens (including phenoxy) is 3. The van der Waals surface area contributed by atoms with Crippen molar-refractivity contribution < 1.29 is 28.9 Å². The van der Waals surface area contributed by atoms with Gasteiger partial charge in [-0.3, -0.25) is 15.0 Å². The molecule has 0 radical (unpaired) electrons. The largest absolute Gasteiger partial charge is 0.443 e. The van der Waals surface area contributed by atoms with E-state index in [-0.39, 0.29) is 19.1 Å².